The van der Waals surface area contributed by atoms with Gasteiger partial charge in [0.1, 0.15) is 17.7 Å². The van der Waals surface area contributed by atoms with Crippen LogP contribution in [0.15, 0.2) is 82.6 Å². The number of hydrogen-bond donors (Lipinski definition) is 2. The molecule has 0 saturated heterocycles. The first-order valence-electron chi connectivity index (χ1n) is 11.5. The lowest BCUT2D eigenvalue weighted by molar-refractivity contribution is -0.140. The molecule has 1 aliphatic heterocycles. The maximum Gasteiger partial charge on any atom is 0.412 e. The smallest absolute Gasteiger partial charge is 0.412 e. The van der Waals surface area contributed by atoms with E-state index < -0.39 is 23.7 Å². The van der Waals surface area contributed by atoms with Crippen molar-refractivity contribution in [3.05, 3.63) is 105 Å². The number of carboxylic acids is 1. The van der Waals surface area contributed by atoms with Crippen molar-refractivity contribution >= 4 is 40.3 Å². The van der Waals surface area contributed by atoms with Gasteiger partial charge >= 0.3 is 12.1 Å². The van der Waals surface area contributed by atoms with Gasteiger partial charge < -0.3 is 9.84 Å². The van der Waals surface area contributed by atoms with E-state index >= 15 is 0 Å². The molecule has 0 fully saturated rings. The van der Waals surface area contributed by atoms with Crippen molar-refractivity contribution in [2.45, 2.75) is 31.0 Å². The summed E-state index contributed by atoms with van der Waals surface area (Å²) in [7, 11) is 0. The number of thioether (sulfide) groups is 1. The number of fused-ring (bicyclic) bond motifs is 2. The summed E-state index contributed by atoms with van der Waals surface area (Å²) in [5.74, 6) is -0.881. The highest BCUT2D eigenvalue weighted by Crippen LogP contribution is 2.40. The Balaban J connectivity index is 1.53. The van der Waals surface area contributed by atoms with Crippen molar-refractivity contribution in [3.8, 4) is 0 Å². The molecule has 4 aromatic rings. The van der Waals surface area contributed by atoms with E-state index in [1.54, 1.807) is 0 Å². The Kier molecular flexibility index (Phi) is 6.52. The van der Waals surface area contributed by atoms with E-state index in [-0.39, 0.29) is 12.4 Å². The topological polar surface area (TPSA) is 97.6 Å². The van der Waals surface area contributed by atoms with Crippen LogP contribution in [-0.2, 0) is 22.6 Å². The van der Waals surface area contributed by atoms with E-state index in [9.17, 15) is 19.5 Å². The van der Waals surface area contributed by atoms with Gasteiger partial charge in [0.15, 0.2) is 0 Å². The molecule has 182 valence electrons. The Bertz CT molecular complexity index is 1530. The molecule has 1 aromatic heterocycles. The van der Waals surface area contributed by atoms with Gasteiger partial charge in [-0.15, -0.1) is 11.8 Å². The Hall–Kier alpha value is -4.04. The molecule has 3 aromatic carbocycles. The van der Waals surface area contributed by atoms with Crippen LogP contribution in [-0.4, -0.2) is 27.5 Å². The van der Waals surface area contributed by atoms with Crippen molar-refractivity contribution in [1.82, 2.24) is 4.57 Å². The molecule has 8 heteroatoms. The number of pyridine rings is 1. The predicted octanol–water partition coefficient (Wildman–Crippen LogP) is 5.38. The summed E-state index contributed by atoms with van der Waals surface area (Å²) in [4.78, 5) is 37.6. The minimum Gasteiger partial charge on any atom is -0.480 e. The third-order valence-electron chi connectivity index (χ3n) is 6.32. The van der Waals surface area contributed by atoms with Crippen LogP contribution in [0.4, 0.5) is 10.5 Å². The highest BCUT2D eigenvalue weighted by molar-refractivity contribution is 7.99. The number of ether oxygens (including phenoxy) is 1. The lowest BCUT2D eigenvalue weighted by Crippen LogP contribution is -2.30. The maximum atomic E-state index is 13.0. The van der Waals surface area contributed by atoms with Crippen LogP contribution in [0, 0.1) is 6.92 Å². The molecule has 7 nitrogen and oxygen atoms in total. The molecular weight excluding hydrogens is 476 g/mol. The molecule has 0 aliphatic carbocycles. The molecule has 1 atom stereocenters. The van der Waals surface area contributed by atoms with Crippen molar-refractivity contribution in [3.63, 3.8) is 0 Å². The fraction of sp³-hybridized carbons (Fsp3) is 0.179. The Morgan fingerprint density at radius 1 is 1.03 bits per heavy atom. The van der Waals surface area contributed by atoms with Crippen LogP contribution < -0.4 is 10.9 Å². The molecule has 0 radical (unpaired) electrons. The number of rotatable bonds is 6. The number of anilines is 1. The minimum atomic E-state index is -1.08. The van der Waals surface area contributed by atoms with Crippen LogP contribution >= 0.6 is 11.8 Å². The first kappa shape index (κ1) is 23.7. The first-order valence-corrected chi connectivity index (χ1v) is 12.5. The number of amides is 1. The van der Waals surface area contributed by atoms with Crippen molar-refractivity contribution in [2.75, 3.05) is 11.1 Å². The second-order valence-corrected chi connectivity index (χ2v) is 9.68. The van der Waals surface area contributed by atoms with Gasteiger partial charge in [0.2, 0.25) is 0 Å². The largest absolute Gasteiger partial charge is 0.480 e. The van der Waals surface area contributed by atoms with Gasteiger partial charge in [0.05, 0.1) is 5.69 Å². The highest BCUT2D eigenvalue weighted by atomic mass is 32.2. The van der Waals surface area contributed by atoms with E-state index in [2.05, 4.69) is 11.4 Å². The van der Waals surface area contributed by atoms with Crippen LogP contribution in [0.2, 0.25) is 0 Å². The minimum absolute atomic E-state index is 0.0878. The fourth-order valence-corrected chi connectivity index (χ4v) is 5.80. The molecule has 1 aliphatic rings. The van der Waals surface area contributed by atoms with E-state index in [1.165, 1.54) is 22.4 Å². The first-order chi connectivity index (χ1) is 17.4. The van der Waals surface area contributed by atoms with Crippen LogP contribution in [0.3, 0.4) is 0 Å². The Labute approximate surface area is 211 Å². The summed E-state index contributed by atoms with van der Waals surface area (Å²) in [6, 6.07) is 21.8. The van der Waals surface area contributed by atoms with Gasteiger partial charge in [-0.25, -0.2) is 9.59 Å². The van der Waals surface area contributed by atoms with Gasteiger partial charge in [0, 0.05) is 18.2 Å². The van der Waals surface area contributed by atoms with Crippen LogP contribution in [0.5, 0.6) is 0 Å². The molecule has 0 spiro atoms. The number of aryl methyl sites for hydroxylation is 1. The summed E-state index contributed by atoms with van der Waals surface area (Å²) < 4.78 is 6.67. The zero-order valence-corrected chi connectivity index (χ0v) is 20.4. The second kappa shape index (κ2) is 9.91. The third kappa shape index (κ3) is 4.59. The molecule has 5 rings (SSSR count). The summed E-state index contributed by atoms with van der Waals surface area (Å²) in [5, 5.41) is 15.1. The summed E-state index contributed by atoms with van der Waals surface area (Å²) in [5.41, 5.74) is 3.59. The monoisotopic (exact) mass is 500 g/mol. The lowest BCUT2D eigenvalue weighted by atomic mass is 9.95. The van der Waals surface area contributed by atoms with Gasteiger partial charge in [-0.1, -0.05) is 66.7 Å². The van der Waals surface area contributed by atoms with Gasteiger partial charge in [-0.05, 0) is 39.9 Å². The molecule has 0 bridgehead atoms. The number of hydrogen-bond acceptors (Lipinski definition) is 5. The number of aromatic nitrogens is 1. The Morgan fingerprint density at radius 3 is 2.50 bits per heavy atom. The predicted molar refractivity (Wildman–Crippen MR) is 140 cm³/mol. The van der Waals surface area contributed by atoms with Crippen LogP contribution in [0.1, 0.15) is 28.3 Å². The van der Waals surface area contributed by atoms with E-state index in [0.717, 1.165) is 27.5 Å². The molecule has 36 heavy (non-hydrogen) atoms. The van der Waals surface area contributed by atoms with Gasteiger partial charge in [0.25, 0.3) is 5.56 Å². The number of carbonyl (C=O) groups excluding carboxylic acids is 1. The number of benzene rings is 3. The second-order valence-electron chi connectivity index (χ2n) is 8.67. The number of carbonyl (C=O) groups is 2. The van der Waals surface area contributed by atoms with Gasteiger partial charge in [-0.2, -0.15) is 0 Å². The van der Waals surface area contributed by atoms with Crippen molar-refractivity contribution < 1.29 is 19.4 Å². The average Bonchev–Trinajstić information content (AvgIpc) is 3.34. The molecule has 2 heterocycles. The van der Waals surface area contributed by atoms with E-state index in [0.29, 0.717) is 22.7 Å². The zero-order valence-electron chi connectivity index (χ0n) is 19.6. The van der Waals surface area contributed by atoms with Gasteiger partial charge in [-0.3, -0.25) is 14.7 Å². The summed E-state index contributed by atoms with van der Waals surface area (Å²) >= 11 is 1.24. The SMILES string of the molecule is Cc1ccc(Cc2cc(=O)n3c(c2NC(=O)OCc2ccccc2)SC[C@H]3C(=O)O)c2ccccc12. The number of aliphatic carboxylic acids is 1. The molecule has 2 N–H and O–H groups in total. The number of nitrogens with one attached hydrogen (secondary N) is 1. The standard InChI is InChI=1S/C28H24N2O5S/c1-17-11-12-19(22-10-6-5-9-21(17)22)13-20-14-24(31)30-23(27(32)33)16-36-26(30)25(20)29-28(34)35-15-18-7-3-2-4-8-18/h2-12,14,23H,13,15-16H2,1H3,(H,29,34)(H,32,33)/t23-/m0/s1. The summed E-state index contributed by atoms with van der Waals surface area (Å²) in [6.07, 6.45) is -0.286. The zero-order chi connectivity index (χ0) is 25.2. The lowest BCUT2D eigenvalue weighted by Gasteiger charge is -2.18. The normalized spacial score (nSPS) is 14.4. The number of carboxylic acid groups (broad SMARTS) is 1. The maximum absolute atomic E-state index is 13.0. The molecule has 1 amide bonds. The summed E-state index contributed by atoms with van der Waals surface area (Å²) in [6.45, 7) is 2.14. The Morgan fingerprint density at radius 2 is 1.75 bits per heavy atom. The van der Waals surface area contributed by atoms with E-state index in [1.807, 2.05) is 67.6 Å². The van der Waals surface area contributed by atoms with Crippen LogP contribution in [0.25, 0.3) is 10.8 Å². The molecule has 0 unspecified atom stereocenters. The van der Waals surface area contributed by atoms with Crippen molar-refractivity contribution in [1.29, 1.82) is 0 Å². The molecular formula is C28H24N2O5S. The van der Waals surface area contributed by atoms with E-state index in [4.69, 9.17) is 4.74 Å². The third-order valence-corrected chi connectivity index (χ3v) is 7.47. The average molecular weight is 501 g/mol. The highest BCUT2D eigenvalue weighted by Gasteiger charge is 2.33. The number of nitrogens with zero attached hydrogens (tertiary/aromatic N) is 1. The fourth-order valence-electron chi connectivity index (χ4n) is 4.51. The van der Waals surface area contributed by atoms with Crippen molar-refractivity contribution in [2.24, 2.45) is 0 Å². The quantitative estimate of drug-likeness (QED) is 0.369. The molecule has 0 saturated carbocycles.